The summed E-state index contributed by atoms with van der Waals surface area (Å²) in [6.07, 6.45) is 3.57. The Hall–Kier alpha value is -1.11. The zero-order valence-corrected chi connectivity index (χ0v) is 18.1. The number of rotatable bonds is 8. The molecule has 0 saturated carbocycles. The summed E-state index contributed by atoms with van der Waals surface area (Å²) in [5, 5.41) is 0. The van der Waals surface area contributed by atoms with Crippen molar-refractivity contribution in [2.24, 2.45) is 0 Å². The first-order valence-corrected chi connectivity index (χ1v) is 13.0. The molecular formula is C18H28FN3O5S2. The summed E-state index contributed by atoms with van der Waals surface area (Å²) < 4.78 is 71.4. The van der Waals surface area contributed by atoms with Crippen molar-refractivity contribution in [3.05, 3.63) is 30.1 Å². The van der Waals surface area contributed by atoms with Crippen molar-refractivity contribution in [2.45, 2.75) is 36.2 Å². The van der Waals surface area contributed by atoms with Gasteiger partial charge in [-0.05, 0) is 37.5 Å². The van der Waals surface area contributed by atoms with Crippen LogP contribution in [0.25, 0.3) is 0 Å². The normalized spacial score (nSPS) is 22.4. The van der Waals surface area contributed by atoms with Gasteiger partial charge in [-0.3, -0.25) is 4.90 Å². The molecule has 0 amide bonds. The van der Waals surface area contributed by atoms with E-state index in [1.54, 1.807) is 0 Å². The number of ether oxygens (including phenoxy) is 1. The van der Waals surface area contributed by atoms with Crippen LogP contribution in [0.3, 0.4) is 0 Å². The first-order valence-electron chi connectivity index (χ1n) is 9.71. The third-order valence-electron chi connectivity index (χ3n) is 5.49. The third-order valence-corrected chi connectivity index (χ3v) is 8.22. The lowest BCUT2D eigenvalue weighted by Crippen LogP contribution is -2.50. The number of nitrogens with zero attached hydrogens (tertiary/aromatic N) is 2. The van der Waals surface area contributed by atoms with E-state index in [0.29, 0.717) is 39.3 Å². The monoisotopic (exact) mass is 449 g/mol. The van der Waals surface area contributed by atoms with Crippen LogP contribution < -0.4 is 4.72 Å². The van der Waals surface area contributed by atoms with Crippen LogP contribution >= 0.6 is 0 Å². The number of sulfonamides is 2. The third kappa shape index (κ3) is 5.96. The molecule has 3 rings (SSSR count). The van der Waals surface area contributed by atoms with Gasteiger partial charge >= 0.3 is 0 Å². The molecule has 0 aromatic heterocycles. The largest absolute Gasteiger partial charge is 0.381 e. The molecule has 0 bridgehead atoms. The molecule has 0 aliphatic carbocycles. The molecule has 1 aromatic carbocycles. The average molecular weight is 450 g/mol. The predicted molar refractivity (Wildman–Crippen MR) is 107 cm³/mol. The lowest BCUT2D eigenvalue weighted by Gasteiger charge is -2.38. The average Bonchev–Trinajstić information content (AvgIpc) is 3.16. The van der Waals surface area contributed by atoms with E-state index in [4.69, 9.17) is 4.74 Å². The van der Waals surface area contributed by atoms with Crippen LogP contribution in [0.4, 0.5) is 4.39 Å². The van der Waals surface area contributed by atoms with E-state index in [1.807, 2.05) is 0 Å². The first kappa shape index (κ1) is 22.6. The van der Waals surface area contributed by atoms with Crippen LogP contribution in [-0.2, 0) is 24.8 Å². The molecule has 2 fully saturated rings. The lowest BCUT2D eigenvalue weighted by molar-refractivity contribution is 0.0200. The number of nitrogens with one attached hydrogen (secondary N) is 1. The maximum absolute atomic E-state index is 13.4. The van der Waals surface area contributed by atoms with Crippen LogP contribution in [0, 0.1) is 5.82 Å². The molecule has 2 heterocycles. The molecule has 1 atom stereocenters. The quantitative estimate of drug-likeness (QED) is 0.625. The van der Waals surface area contributed by atoms with Crippen molar-refractivity contribution in [3.8, 4) is 0 Å². The van der Waals surface area contributed by atoms with Gasteiger partial charge in [0.2, 0.25) is 20.0 Å². The Morgan fingerprint density at radius 1 is 1.17 bits per heavy atom. The fraction of sp³-hybridized carbons (Fsp3) is 0.667. The summed E-state index contributed by atoms with van der Waals surface area (Å²) in [5.74, 6) is -0.608. The molecule has 2 saturated heterocycles. The fourth-order valence-corrected chi connectivity index (χ4v) is 5.92. The van der Waals surface area contributed by atoms with Gasteiger partial charge in [-0.1, -0.05) is 6.07 Å². The summed E-state index contributed by atoms with van der Waals surface area (Å²) in [4.78, 5) is 2.10. The molecule has 2 aliphatic heterocycles. The Morgan fingerprint density at radius 3 is 2.52 bits per heavy atom. The van der Waals surface area contributed by atoms with Gasteiger partial charge < -0.3 is 4.74 Å². The number of hydrogen-bond acceptors (Lipinski definition) is 6. The van der Waals surface area contributed by atoms with E-state index in [9.17, 15) is 21.2 Å². The Labute approximate surface area is 172 Å². The van der Waals surface area contributed by atoms with Crippen molar-refractivity contribution < 1.29 is 26.0 Å². The molecule has 29 heavy (non-hydrogen) atoms. The van der Waals surface area contributed by atoms with Crippen molar-refractivity contribution in [3.63, 3.8) is 0 Å². The SMILES string of the molecule is CS(=O)(=O)N1CCC(N(CCNS(=O)(=O)c2cccc(F)c2)C2CCOCC2)C1. The van der Waals surface area contributed by atoms with Gasteiger partial charge in [0.25, 0.3) is 0 Å². The number of benzene rings is 1. The van der Waals surface area contributed by atoms with Gasteiger partial charge in [-0.15, -0.1) is 0 Å². The minimum absolute atomic E-state index is 0.0338. The first-order chi connectivity index (χ1) is 13.7. The second kappa shape index (κ2) is 9.36. The lowest BCUT2D eigenvalue weighted by atomic mass is 10.0. The Kier molecular flexibility index (Phi) is 7.28. The van der Waals surface area contributed by atoms with Crippen molar-refractivity contribution in [1.29, 1.82) is 0 Å². The Morgan fingerprint density at radius 2 is 1.90 bits per heavy atom. The van der Waals surface area contributed by atoms with Crippen LogP contribution in [0.5, 0.6) is 0 Å². The summed E-state index contributed by atoms with van der Waals surface area (Å²) >= 11 is 0. The molecule has 1 N–H and O–H groups in total. The minimum Gasteiger partial charge on any atom is -0.381 e. The molecule has 0 radical (unpaired) electrons. The molecular weight excluding hydrogens is 421 g/mol. The zero-order valence-electron chi connectivity index (χ0n) is 16.5. The predicted octanol–water partition coefficient (Wildman–Crippen LogP) is 0.619. The highest BCUT2D eigenvalue weighted by Gasteiger charge is 2.35. The molecule has 164 valence electrons. The smallest absolute Gasteiger partial charge is 0.240 e. The molecule has 1 unspecified atom stereocenters. The molecule has 2 aliphatic rings. The molecule has 11 heteroatoms. The van der Waals surface area contributed by atoms with Crippen LogP contribution in [0.1, 0.15) is 19.3 Å². The van der Waals surface area contributed by atoms with Gasteiger partial charge in [0.05, 0.1) is 11.2 Å². The van der Waals surface area contributed by atoms with Crippen molar-refractivity contribution in [1.82, 2.24) is 13.9 Å². The van der Waals surface area contributed by atoms with E-state index in [2.05, 4.69) is 9.62 Å². The van der Waals surface area contributed by atoms with E-state index in [0.717, 1.165) is 18.9 Å². The van der Waals surface area contributed by atoms with Crippen molar-refractivity contribution >= 4 is 20.0 Å². The van der Waals surface area contributed by atoms with Gasteiger partial charge in [0.15, 0.2) is 0 Å². The summed E-state index contributed by atoms with van der Waals surface area (Å²) in [6.45, 7) is 2.76. The van der Waals surface area contributed by atoms with Gasteiger partial charge in [-0.25, -0.2) is 30.3 Å². The summed E-state index contributed by atoms with van der Waals surface area (Å²) in [7, 11) is -7.06. The number of hydrogen-bond donors (Lipinski definition) is 1. The van der Waals surface area contributed by atoms with Gasteiger partial charge in [0, 0.05) is 51.5 Å². The zero-order chi connectivity index (χ0) is 21.1. The maximum atomic E-state index is 13.4. The topological polar surface area (TPSA) is 96.0 Å². The highest BCUT2D eigenvalue weighted by atomic mass is 32.2. The van der Waals surface area contributed by atoms with E-state index in [-0.39, 0.29) is 23.5 Å². The van der Waals surface area contributed by atoms with Crippen molar-refractivity contribution in [2.75, 3.05) is 45.6 Å². The van der Waals surface area contributed by atoms with E-state index >= 15 is 0 Å². The highest BCUT2D eigenvalue weighted by molar-refractivity contribution is 7.89. The highest BCUT2D eigenvalue weighted by Crippen LogP contribution is 2.24. The minimum atomic E-state index is -3.81. The van der Waals surface area contributed by atoms with E-state index < -0.39 is 25.9 Å². The second-order valence-electron chi connectivity index (χ2n) is 7.50. The number of halogens is 1. The van der Waals surface area contributed by atoms with Gasteiger partial charge in [-0.2, -0.15) is 0 Å². The Balaban J connectivity index is 1.66. The fourth-order valence-electron chi connectivity index (χ4n) is 3.99. The van der Waals surface area contributed by atoms with Gasteiger partial charge in [0.1, 0.15) is 5.82 Å². The molecule has 0 spiro atoms. The summed E-state index contributed by atoms with van der Waals surface area (Å²) in [5.41, 5.74) is 0. The standard InChI is InChI=1S/C18H28FN3O5S2/c1-28(23,24)21-9-5-17(14-21)22(16-6-11-27-12-7-16)10-8-20-29(25,26)18-4-2-3-15(19)13-18/h2-4,13,16-17,20H,5-12,14H2,1H3. The summed E-state index contributed by atoms with van der Waals surface area (Å²) in [6, 6.07) is 5.14. The van der Waals surface area contributed by atoms with Crippen LogP contribution in [0.2, 0.25) is 0 Å². The van der Waals surface area contributed by atoms with E-state index in [1.165, 1.54) is 28.8 Å². The second-order valence-corrected chi connectivity index (χ2v) is 11.2. The Bertz CT molecular complexity index is 904. The van der Waals surface area contributed by atoms with Crippen LogP contribution in [-0.4, -0.2) is 83.8 Å². The molecule has 1 aromatic rings. The maximum Gasteiger partial charge on any atom is 0.240 e. The van der Waals surface area contributed by atoms with Crippen LogP contribution in [0.15, 0.2) is 29.2 Å². The molecule has 8 nitrogen and oxygen atoms in total.